The first-order valence-corrected chi connectivity index (χ1v) is 8.97. The minimum Gasteiger partial charge on any atom is -0.340 e. The van der Waals surface area contributed by atoms with Gasteiger partial charge in [-0.3, -0.25) is 9.69 Å². The monoisotopic (exact) mass is 362 g/mol. The lowest BCUT2D eigenvalue weighted by Gasteiger charge is -2.34. The predicted molar refractivity (Wildman–Crippen MR) is 96.1 cm³/mol. The summed E-state index contributed by atoms with van der Waals surface area (Å²) in [6, 6.07) is 7.36. The zero-order valence-corrected chi connectivity index (χ0v) is 15.4. The van der Waals surface area contributed by atoms with Crippen molar-refractivity contribution in [2.24, 2.45) is 5.92 Å². The topological polar surface area (TPSA) is 62.5 Å². The molecule has 1 fully saturated rings. The minimum absolute atomic E-state index is 0.248. The van der Waals surface area contributed by atoms with Crippen LogP contribution in [0.25, 0.3) is 11.5 Å². The standard InChI is InChI=1S/C18H23ClN4O2/c1-13(2)10-17(24)23-8-6-22(7-9-23)12-16-20-18(25-21-16)14-4-3-5-15(19)11-14/h3-5,11,13H,6-10,12H2,1-2H3. The van der Waals surface area contributed by atoms with Crippen molar-refractivity contribution in [3.63, 3.8) is 0 Å². The average Bonchev–Trinajstić information content (AvgIpc) is 3.03. The molecule has 6 nitrogen and oxygen atoms in total. The molecule has 1 saturated heterocycles. The average molecular weight is 363 g/mol. The zero-order valence-electron chi connectivity index (χ0n) is 14.6. The van der Waals surface area contributed by atoms with Gasteiger partial charge in [-0.1, -0.05) is 36.7 Å². The van der Waals surface area contributed by atoms with Gasteiger partial charge in [-0.2, -0.15) is 4.98 Å². The third-order valence-corrected chi connectivity index (χ3v) is 4.45. The van der Waals surface area contributed by atoms with Crippen molar-refractivity contribution in [1.29, 1.82) is 0 Å². The van der Waals surface area contributed by atoms with Gasteiger partial charge in [0, 0.05) is 43.2 Å². The van der Waals surface area contributed by atoms with Gasteiger partial charge in [0.2, 0.25) is 5.91 Å². The van der Waals surface area contributed by atoms with Gasteiger partial charge >= 0.3 is 0 Å². The number of aromatic nitrogens is 2. The Morgan fingerprint density at radius 2 is 2.04 bits per heavy atom. The van der Waals surface area contributed by atoms with E-state index in [1.165, 1.54) is 0 Å². The normalized spacial score (nSPS) is 15.8. The third-order valence-electron chi connectivity index (χ3n) is 4.21. The summed E-state index contributed by atoms with van der Waals surface area (Å²) in [6.07, 6.45) is 0.619. The quantitative estimate of drug-likeness (QED) is 0.817. The Morgan fingerprint density at radius 1 is 1.28 bits per heavy atom. The molecule has 0 atom stereocenters. The Hall–Kier alpha value is -1.92. The van der Waals surface area contributed by atoms with Gasteiger partial charge in [-0.05, 0) is 24.1 Å². The van der Waals surface area contributed by atoms with E-state index in [-0.39, 0.29) is 5.91 Å². The summed E-state index contributed by atoms with van der Waals surface area (Å²) in [6.45, 7) is 7.92. The van der Waals surface area contributed by atoms with E-state index in [0.29, 0.717) is 35.6 Å². The van der Waals surface area contributed by atoms with Crippen LogP contribution in [0.1, 0.15) is 26.1 Å². The number of benzene rings is 1. The summed E-state index contributed by atoms with van der Waals surface area (Å²) >= 11 is 6.00. The first-order valence-electron chi connectivity index (χ1n) is 8.60. The number of hydrogen-bond acceptors (Lipinski definition) is 5. The number of hydrogen-bond donors (Lipinski definition) is 0. The predicted octanol–water partition coefficient (Wildman–Crippen LogP) is 3.08. The summed E-state index contributed by atoms with van der Waals surface area (Å²) in [5.41, 5.74) is 0.815. The minimum atomic E-state index is 0.248. The summed E-state index contributed by atoms with van der Waals surface area (Å²) < 4.78 is 5.34. The molecule has 0 N–H and O–H groups in total. The summed E-state index contributed by atoms with van der Waals surface area (Å²) in [5.74, 6) is 1.77. The molecule has 0 unspecified atom stereocenters. The van der Waals surface area contributed by atoms with E-state index in [4.69, 9.17) is 16.1 Å². The Morgan fingerprint density at radius 3 is 2.72 bits per heavy atom. The van der Waals surface area contributed by atoms with Crippen LogP contribution in [-0.4, -0.2) is 52.0 Å². The van der Waals surface area contributed by atoms with Crippen molar-refractivity contribution < 1.29 is 9.32 Å². The highest BCUT2D eigenvalue weighted by Gasteiger charge is 2.22. The molecule has 3 rings (SSSR count). The molecule has 0 radical (unpaired) electrons. The number of rotatable bonds is 5. The van der Waals surface area contributed by atoms with Crippen molar-refractivity contribution in [1.82, 2.24) is 19.9 Å². The van der Waals surface area contributed by atoms with Crippen molar-refractivity contribution >= 4 is 17.5 Å². The summed E-state index contributed by atoms with van der Waals surface area (Å²) in [5, 5.41) is 4.70. The number of halogens is 1. The Kier molecular flexibility index (Phi) is 5.71. The lowest BCUT2D eigenvalue weighted by Crippen LogP contribution is -2.48. The Balaban J connectivity index is 1.54. The maximum Gasteiger partial charge on any atom is 0.258 e. The molecule has 0 bridgehead atoms. The highest BCUT2D eigenvalue weighted by Crippen LogP contribution is 2.21. The largest absolute Gasteiger partial charge is 0.340 e. The molecule has 1 aromatic carbocycles. The van der Waals surface area contributed by atoms with Crippen molar-refractivity contribution in [2.75, 3.05) is 26.2 Å². The summed E-state index contributed by atoms with van der Waals surface area (Å²) in [4.78, 5) is 20.8. The highest BCUT2D eigenvalue weighted by atomic mass is 35.5. The molecule has 2 heterocycles. The van der Waals surface area contributed by atoms with Crippen molar-refractivity contribution in [2.45, 2.75) is 26.8 Å². The van der Waals surface area contributed by atoms with Gasteiger partial charge in [-0.25, -0.2) is 0 Å². The molecule has 0 saturated carbocycles. The van der Waals surface area contributed by atoms with Crippen LogP contribution in [0.3, 0.4) is 0 Å². The molecule has 0 spiro atoms. The van der Waals surface area contributed by atoms with Crippen LogP contribution >= 0.6 is 11.6 Å². The molecule has 7 heteroatoms. The maximum atomic E-state index is 12.1. The van der Waals surface area contributed by atoms with Gasteiger partial charge in [0.25, 0.3) is 5.89 Å². The third kappa shape index (κ3) is 4.80. The molecular weight excluding hydrogens is 340 g/mol. The molecule has 1 aromatic heterocycles. The van der Waals surface area contributed by atoms with Crippen LogP contribution in [0, 0.1) is 5.92 Å². The molecule has 1 amide bonds. The van der Waals surface area contributed by atoms with E-state index in [9.17, 15) is 4.79 Å². The van der Waals surface area contributed by atoms with Gasteiger partial charge in [0.05, 0.1) is 6.54 Å². The fraction of sp³-hybridized carbons (Fsp3) is 0.500. The van der Waals surface area contributed by atoms with E-state index in [1.54, 1.807) is 6.07 Å². The van der Waals surface area contributed by atoms with Crippen LogP contribution in [0.5, 0.6) is 0 Å². The molecule has 25 heavy (non-hydrogen) atoms. The molecular formula is C18H23ClN4O2. The highest BCUT2D eigenvalue weighted by molar-refractivity contribution is 6.30. The van der Waals surface area contributed by atoms with Crippen molar-refractivity contribution in [3.8, 4) is 11.5 Å². The molecule has 1 aliphatic heterocycles. The first-order chi connectivity index (χ1) is 12.0. The second-order valence-electron chi connectivity index (χ2n) is 6.78. The number of nitrogens with zero attached hydrogens (tertiary/aromatic N) is 4. The lowest BCUT2D eigenvalue weighted by atomic mass is 10.1. The molecule has 1 aliphatic rings. The second kappa shape index (κ2) is 7.97. The van der Waals surface area contributed by atoms with Crippen molar-refractivity contribution in [3.05, 3.63) is 35.1 Å². The Labute approximate surface area is 152 Å². The van der Waals surface area contributed by atoms with Crippen LogP contribution in [0.15, 0.2) is 28.8 Å². The SMILES string of the molecule is CC(C)CC(=O)N1CCN(Cc2noc(-c3cccc(Cl)c3)n2)CC1. The van der Waals surface area contributed by atoms with Gasteiger partial charge < -0.3 is 9.42 Å². The summed E-state index contributed by atoms with van der Waals surface area (Å²) in [7, 11) is 0. The smallest absolute Gasteiger partial charge is 0.258 e. The van der Waals surface area contributed by atoms with Gasteiger partial charge in [0.15, 0.2) is 5.82 Å². The fourth-order valence-electron chi connectivity index (χ4n) is 2.89. The van der Waals surface area contributed by atoms with Crippen LogP contribution in [0.2, 0.25) is 5.02 Å². The van der Waals surface area contributed by atoms with E-state index in [0.717, 1.165) is 31.7 Å². The second-order valence-corrected chi connectivity index (χ2v) is 7.22. The Bertz CT molecular complexity index is 723. The van der Waals surface area contributed by atoms with E-state index in [1.807, 2.05) is 23.1 Å². The lowest BCUT2D eigenvalue weighted by molar-refractivity contribution is -0.133. The van der Waals surface area contributed by atoms with Gasteiger partial charge in [-0.15, -0.1) is 0 Å². The molecule has 0 aliphatic carbocycles. The number of carbonyl (C=O) groups is 1. The first kappa shape index (κ1) is 17.9. The van der Waals surface area contributed by atoms with Gasteiger partial charge in [0.1, 0.15) is 0 Å². The van der Waals surface area contributed by atoms with E-state index >= 15 is 0 Å². The van der Waals surface area contributed by atoms with Crippen LogP contribution in [-0.2, 0) is 11.3 Å². The number of piperazine rings is 1. The zero-order chi connectivity index (χ0) is 17.8. The van der Waals surface area contributed by atoms with E-state index < -0.39 is 0 Å². The number of carbonyl (C=O) groups excluding carboxylic acids is 1. The maximum absolute atomic E-state index is 12.1. The fourth-order valence-corrected chi connectivity index (χ4v) is 3.08. The molecule has 2 aromatic rings. The van der Waals surface area contributed by atoms with Crippen LogP contribution in [0.4, 0.5) is 0 Å². The van der Waals surface area contributed by atoms with E-state index in [2.05, 4.69) is 28.9 Å². The van der Waals surface area contributed by atoms with Crippen LogP contribution < -0.4 is 0 Å². The molecule has 134 valence electrons. The number of amides is 1.